The summed E-state index contributed by atoms with van der Waals surface area (Å²) in [7, 11) is -1.46. The predicted molar refractivity (Wildman–Crippen MR) is 122 cm³/mol. The van der Waals surface area contributed by atoms with E-state index < -0.39 is 43.6 Å². The van der Waals surface area contributed by atoms with Crippen molar-refractivity contribution in [2.75, 3.05) is 13.2 Å². The third-order valence-electron chi connectivity index (χ3n) is 5.63. The van der Waals surface area contributed by atoms with E-state index in [1.807, 2.05) is 20.8 Å². The number of esters is 1. The normalized spacial score (nSPS) is 33.8. The predicted octanol–water partition coefficient (Wildman–Crippen LogP) is 3.78. The van der Waals surface area contributed by atoms with E-state index in [1.165, 1.54) is 0 Å². The quantitative estimate of drug-likeness (QED) is 0.264. The van der Waals surface area contributed by atoms with Crippen LogP contribution < -0.4 is 0 Å². The SMILES string of the molecule is C=C(C)[C@H](CCC#C[Si](C)(C)C)C(=O)O[C@@H]1[C@H]2OC(C)(C)O[C@H]2CO[C@@]12COC(C)(C)O2. The summed E-state index contributed by atoms with van der Waals surface area (Å²) in [5.41, 5.74) is 4.07. The Kier molecular flexibility index (Phi) is 7.03. The van der Waals surface area contributed by atoms with Crippen molar-refractivity contribution in [3.63, 3.8) is 0 Å². The molecule has 0 bridgehead atoms. The third-order valence-corrected chi connectivity index (χ3v) is 6.56. The Morgan fingerprint density at radius 3 is 2.41 bits per heavy atom. The second-order valence-electron chi connectivity index (χ2n) is 10.9. The highest BCUT2D eigenvalue weighted by Crippen LogP contribution is 2.45. The van der Waals surface area contributed by atoms with Gasteiger partial charge in [-0.1, -0.05) is 31.8 Å². The molecule has 0 N–H and O–H groups in total. The summed E-state index contributed by atoms with van der Waals surface area (Å²) >= 11 is 0. The van der Waals surface area contributed by atoms with Gasteiger partial charge in [0.2, 0.25) is 5.79 Å². The van der Waals surface area contributed by atoms with Crippen molar-refractivity contribution in [2.24, 2.45) is 5.92 Å². The van der Waals surface area contributed by atoms with Crippen LogP contribution in [0.1, 0.15) is 47.5 Å². The van der Waals surface area contributed by atoms with Gasteiger partial charge in [-0.15, -0.1) is 11.5 Å². The number of fused-ring (bicyclic) bond motifs is 1. The minimum Gasteiger partial charge on any atom is -0.453 e. The molecule has 3 rings (SSSR count). The first-order chi connectivity index (χ1) is 14.6. The topological polar surface area (TPSA) is 72.5 Å². The van der Waals surface area contributed by atoms with E-state index in [0.717, 1.165) is 5.57 Å². The van der Waals surface area contributed by atoms with Crippen LogP contribution in [-0.2, 0) is 33.2 Å². The Morgan fingerprint density at radius 2 is 1.84 bits per heavy atom. The molecule has 1 spiro atoms. The molecule has 180 valence electrons. The molecule has 3 aliphatic heterocycles. The summed E-state index contributed by atoms with van der Waals surface area (Å²) in [5, 5.41) is 0. The molecule has 32 heavy (non-hydrogen) atoms. The maximum atomic E-state index is 13.3. The lowest BCUT2D eigenvalue weighted by Gasteiger charge is -2.43. The zero-order chi connectivity index (χ0) is 23.9. The highest BCUT2D eigenvalue weighted by atomic mass is 28.3. The van der Waals surface area contributed by atoms with E-state index in [1.54, 1.807) is 13.8 Å². The second kappa shape index (κ2) is 8.86. The second-order valence-corrected chi connectivity index (χ2v) is 15.6. The fourth-order valence-electron chi connectivity index (χ4n) is 4.24. The van der Waals surface area contributed by atoms with Crippen LogP contribution in [0.25, 0.3) is 0 Å². The summed E-state index contributed by atoms with van der Waals surface area (Å²) in [6.45, 7) is 20.1. The Morgan fingerprint density at radius 1 is 1.16 bits per heavy atom. The van der Waals surface area contributed by atoms with Gasteiger partial charge in [0.05, 0.1) is 12.5 Å². The average molecular weight is 467 g/mol. The van der Waals surface area contributed by atoms with Gasteiger partial charge in [0, 0.05) is 6.42 Å². The summed E-state index contributed by atoms with van der Waals surface area (Å²) in [5.74, 6) is -0.572. The summed E-state index contributed by atoms with van der Waals surface area (Å²) in [6, 6.07) is 0. The zero-order valence-corrected chi connectivity index (χ0v) is 21.7. The van der Waals surface area contributed by atoms with Crippen LogP contribution in [0.15, 0.2) is 12.2 Å². The standard InChI is InChI=1S/C24H38O7Si/c1-16(2)17(12-10-11-13-32(7,8)9)21(25)28-20-19-18(29-23(5,6)30-19)14-26-24(20)15-27-22(3,4)31-24/h17-20H,1,10,12,14-15H2,2-9H3/t17-,18-,19-,20+,24+/m0/s1. The molecule has 7 nitrogen and oxygen atoms in total. The number of rotatable bonds is 5. The highest BCUT2D eigenvalue weighted by molar-refractivity contribution is 6.83. The molecular formula is C24H38O7Si. The van der Waals surface area contributed by atoms with Crippen molar-refractivity contribution < 1.29 is 33.2 Å². The molecule has 5 atom stereocenters. The van der Waals surface area contributed by atoms with Gasteiger partial charge in [-0.2, -0.15) is 0 Å². The molecule has 0 aliphatic carbocycles. The molecule has 0 aromatic heterocycles. The minimum absolute atomic E-state index is 0.129. The maximum absolute atomic E-state index is 13.3. The molecule has 8 heteroatoms. The third kappa shape index (κ3) is 5.82. The molecule has 3 aliphatic rings. The number of ether oxygens (including phenoxy) is 6. The van der Waals surface area contributed by atoms with Crippen molar-refractivity contribution in [1.82, 2.24) is 0 Å². The molecule has 0 radical (unpaired) electrons. The van der Waals surface area contributed by atoms with Crippen LogP contribution in [0.3, 0.4) is 0 Å². The Labute approximate surface area is 193 Å². The lowest BCUT2D eigenvalue weighted by molar-refractivity contribution is -0.329. The number of carbonyl (C=O) groups is 1. The average Bonchev–Trinajstić information content (AvgIpc) is 3.11. The Balaban J connectivity index is 1.80. The number of carbonyl (C=O) groups excluding carboxylic acids is 1. The van der Waals surface area contributed by atoms with Crippen molar-refractivity contribution in [3.05, 3.63) is 12.2 Å². The van der Waals surface area contributed by atoms with Gasteiger partial charge in [-0.3, -0.25) is 4.79 Å². The molecule has 0 amide bonds. The first-order valence-corrected chi connectivity index (χ1v) is 14.8. The molecule has 0 unspecified atom stereocenters. The number of hydrogen-bond acceptors (Lipinski definition) is 7. The number of hydrogen-bond donors (Lipinski definition) is 0. The van der Waals surface area contributed by atoms with Crippen LogP contribution in [0.2, 0.25) is 19.6 Å². The largest absolute Gasteiger partial charge is 0.453 e. The van der Waals surface area contributed by atoms with Gasteiger partial charge in [0.1, 0.15) is 26.9 Å². The van der Waals surface area contributed by atoms with Gasteiger partial charge in [-0.05, 0) is 41.0 Å². The van der Waals surface area contributed by atoms with Crippen LogP contribution in [0.5, 0.6) is 0 Å². The van der Waals surface area contributed by atoms with Crippen molar-refractivity contribution in [1.29, 1.82) is 0 Å². The Hall–Kier alpha value is -1.21. The summed E-state index contributed by atoms with van der Waals surface area (Å²) in [6.07, 6.45) is -0.586. The van der Waals surface area contributed by atoms with E-state index in [9.17, 15) is 4.79 Å². The van der Waals surface area contributed by atoms with Gasteiger partial charge < -0.3 is 28.4 Å². The highest BCUT2D eigenvalue weighted by Gasteiger charge is 2.64. The molecule has 0 saturated carbocycles. The monoisotopic (exact) mass is 466 g/mol. The van der Waals surface area contributed by atoms with Gasteiger partial charge in [0.15, 0.2) is 17.7 Å². The van der Waals surface area contributed by atoms with Gasteiger partial charge in [-0.25, -0.2) is 0 Å². The molecular weight excluding hydrogens is 428 g/mol. The fourth-order valence-corrected chi connectivity index (χ4v) is 4.89. The first kappa shape index (κ1) is 25.4. The molecule has 0 aromatic rings. The summed E-state index contributed by atoms with van der Waals surface area (Å²) < 4.78 is 36.2. The Bertz CT molecular complexity index is 801. The lowest BCUT2D eigenvalue weighted by Crippen LogP contribution is -2.63. The van der Waals surface area contributed by atoms with Crippen molar-refractivity contribution in [2.45, 2.75) is 103 Å². The maximum Gasteiger partial charge on any atom is 0.313 e. The van der Waals surface area contributed by atoms with Crippen LogP contribution in [0, 0.1) is 17.4 Å². The fraction of sp³-hybridized carbons (Fsp3) is 0.792. The van der Waals surface area contributed by atoms with Gasteiger partial charge in [0.25, 0.3) is 0 Å². The minimum atomic E-state index is -1.46. The van der Waals surface area contributed by atoms with E-state index >= 15 is 0 Å². The van der Waals surface area contributed by atoms with Gasteiger partial charge >= 0.3 is 5.97 Å². The molecule has 3 fully saturated rings. The van der Waals surface area contributed by atoms with E-state index in [4.69, 9.17) is 28.4 Å². The van der Waals surface area contributed by atoms with Crippen LogP contribution in [0.4, 0.5) is 0 Å². The van der Waals surface area contributed by atoms with E-state index in [2.05, 4.69) is 37.7 Å². The summed E-state index contributed by atoms with van der Waals surface area (Å²) in [4.78, 5) is 13.3. The van der Waals surface area contributed by atoms with E-state index in [-0.39, 0.29) is 25.3 Å². The van der Waals surface area contributed by atoms with E-state index in [0.29, 0.717) is 12.8 Å². The lowest BCUT2D eigenvalue weighted by atomic mass is 9.94. The zero-order valence-electron chi connectivity index (χ0n) is 20.7. The molecule has 3 heterocycles. The smallest absolute Gasteiger partial charge is 0.313 e. The van der Waals surface area contributed by atoms with Crippen molar-refractivity contribution in [3.8, 4) is 11.5 Å². The molecule has 0 aromatic carbocycles. The molecule has 3 saturated heterocycles. The van der Waals surface area contributed by atoms with Crippen LogP contribution in [-0.4, -0.2) is 62.9 Å². The van der Waals surface area contributed by atoms with Crippen LogP contribution >= 0.6 is 0 Å². The first-order valence-electron chi connectivity index (χ1n) is 11.3. The van der Waals surface area contributed by atoms with Crippen molar-refractivity contribution >= 4 is 14.0 Å².